The molecule has 0 aliphatic heterocycles. The van der Waals surface area contributed by atoms with Crippen LogP contribution in [0.2, 0.25) is 0 Å². The molecule has 3 nitrogen and oxygen atoms in total. The number of hydrogen-bond acceptors (Lipinski definition) is 3. The highest BCUT2D eigenvalue weighted by Crippen LogP contribution is 2.26. The first-order chi connectivity index (χ1) is 9.88. The molecule has 120 valence electrons. The molecule has 0 amide bonds. The Hall–Kier alpha value is -0.870. The van der Waals surface area contributed by atoms with Gasteiger partial charge >= 0.3 is 0 Å². The van der Waals surface area contributed by atoms with Crippen molar-refractivity contribution in [3.63, 3.8) is 0 Å². The molecule has 2 atom stereocenters. The van der Waals surface area contributed by atoms with Crippen LogP contribution in [-0.4, -0.2) is 26.3 Å². The van der Waals surface area contributed by atoms with Crippen LogP contribution in [0.4, 0.5) is 0 Å². The monoisotopic (exact) mass is 311 g/mol. The van der Waals surface area contributed by atoms with Gasteiger partial charge in [0.15, 0.2) is 9.84 Å². The Kier molecular flexibility index (Phi) is 6.88. The van der Waals surface area contributed by atoms with Crippen molar-refractivity contribution < 1.29 is 8.42 Å². The van der Waals surface area contributed by atoms with Gasteiger partial charge in [0.05, 0.1) is 10.1 Å². The van der Waals surface area contributed by atoms with E-state index in [2.05, 4.69) is 12.2 Å². The van der Waals surface area contributed by atoms with Crippen molar-refractivity contribution >= 4 is 9.84 Å². The first-order valence-corrected chi connectivity index (χ1v) is 9.47. The molecule has 21 heavy (non-hydrogen) atoms. The molecule has 0 saturated carbocycles. The summed E-state index contributed by atoms with van der Waals surface area (Å²) in [4.78, 5) is 0.494. The van der Waals surface area contributed by atoms with Crippen LogP contribution in [-0.2, 0) is 9.84 Å². The number of benzene rings is 1. The van der Waals surface area contributed by atoms with Crippen LogP contribution in [0.1, 0.15) is 51.2 Å². The lowest BCUT2D eigenvalue weighted by atomic mass is 10.1. The van der Waals surface area contributed by atoms with E-state index in [1.165, 1.54) is 0 Å². The fourth-order valence-electron chi connectivity index (χ4n) is 2.89. The summed E-state index contributed by atoms with van der Waals surface area (Å²) < 4.78 is 26.2. The van der Waals surface area contributed by atoms with Crippen molar-refractivity contribution in [3.05, 3.63) is 29.3 Å². The quantitative estimate of drug-likeness (QED) is 0.797. The topological polar surface area (TPSA) is 46.2 Å². The molecule has 0 aliphatic rings. The second-order valence-electron chi connectivity index (χ2n) is 5.71. The Balaban J connectivity index is 3.26. The van der Waals surface area contributed by atoms with E-state index in [0.29, 0.717) is 11.3 Å². The number of hydrogen-bond donors (Lipinski definition) is 1. The summed E-state index contributed by atoms with van der Waals surface area (Å²) in [6.45, 7) is 10.7. The molecule has 2 unspecified atom stereocenters. The molecule has 0 saturated heterocycles. The highest BCUT2D eigenvalue weighted by Gasteiger charge is 2.33. The third-order valence-corrected chi connectivity index (χ3v) is 6.48. The minimum Gasteiger partial charge on any atom is -0.313 e. The molecule has 4 heteroatoms. The predicted molar refractivity (Wildman–Crippen MR) is 89.6 cm³/mol. The van der Waals surface area contributed by atoms with Gasteiger partial charge in [-0.05, 0) is 50.4 Å². The smallest absolute Gasteiger partial charge is 0.183 e. The van der Waals surface area contributed by atoms with Crippen LogP contribution >= 0.6 is 0 Å². The summed E-state index contributed by atoms with van der Waals surface area (Å²) in [6.07, 6.45) is 2.50. The van der Waals surface area contributed by atoms with Crippen LogP contribution < -0.4 is 5.32 Å². The number of nitrogens with one attached hydrogen (secondary N) is 1. The van der Waals surface area contributed by atoms with Crippen molar-refractivity contribution in [2.45, 2.75) is 70.1 Å². The van der Waals surface area contributed by atoms with Gasteiger partial charge in [0.1, 0.15) is 0 Å². The average molecular weight is 311 g/mol. The maximum absolute atomic E-state index is 13.1. The first-order valence-electron chi connectivity index (χ1n) is 7.92. The molecular weight excluding hydrogens is 282 g/mol. The van der Waals surface area contributed by atoms with E-state index in [9.17, 15) is 8.42 Å². The molecule has 0 fully saturated rings. The van der Waals surface area contributed by atoms with Crippen molar-refractivity contribution in [1.82, 2.24) is 5.32 Å². The zero-order valence-electron chi connectivity index (χ0n) is 13.9. The van der Waals surface area contributed by atoms with Gasteiger partial charge in [0.25, 0.3) is 0 Å². The Morgan fingerprint density at radius 3 is 2.33 bits per heavy atom. The molecule has 0 spiro atoms. The van der Waals surface area contributed by atoms with E-state index in [0.717, 1.165) is 30.5 Å². The van der Waals surface area contributed by atoms with Crippen molar-refractivity contribution in [2.75, 3.05) is 6.54 Å². The zero-order valence-corrected chi connectivity index (χ0v) is 14.8. The molecule has 0 bridgehead atoms. The summed E-state index contributed by atoms with van der Waals surface area (Å²) in [5.74, 6) is 0. The van der Waals surface area contributed by atoms with Crippen LogP contribution in [0.3, 0.4) is 0 Å². The van der Waals surface area contributed by atoms with Gasteiger partial charge in [0.2, 0.25) is 0 Å². The van der Waals surface area contributed by atoms with E-state index in [1.807, 2.05) is 45.9 Å². The number of aryl methyl sites for hydroxylation is 2. The Labute approximate surface area is 130 Å². The predicted octanol–water partition coefficient (Wildman–Crippen LogP) is 3.63. The highest BCUT2D eigenvalue weighted by molar-refractivity contribution is 7.92. The normalized spacial score (nSPS) is 14.9. The standard InChI is InChI=1S/C17H29NO2S/c1-6-9-15(18-8-3)16(7-2)21(19,20)17-12-13(4)10-11-14(17)5/h10-12,15-16,18H,6-9H2,1-5H3. The lowest BCUT2D eigenvalue weighted by Crippen LogP contribution is -2.44. The van der Waals surface area contributed by atoms with Crippen LogP contribution in [0, 0.1) is 13.8 Å². The lowest BCUT2D eigenvalue weighted by molar-refractivity contribution is 0.445. The van der Waals surface area contributed by atoms with Crippen LogP contribution in [0.15, 0.2) is 23.1 Å². The molecule has 0 heterocycles. The van der Waals surface area contributed by atoms with Gasteiger partial charge in [0, 0.05) is 6.04 Å². The Morgan fingerprint density at radius 1 is 1.14 bits per heavy atom. The van der Waals surface area contributed by atoms with Crippen LogP contribution in [0.5, 0.6) is 0 Å². The first kappa shape index (κ1) is 18.2. The maximum atomic E-state index is 13.1. The summed E-state index contributed by atoms with van der Waals surface area (Å²) in [5, 5.41) is 3.00. The highest BCUT2D eigenvalue weighted by atomic mass is 32.2. The second-order valence-corrected chi connectivity index (χ2v) is 7.85. The fourth-order valence-corrected chi connectivity index (χ4v) is 5.19. The average Bonchev–Trinajstić information content (AvgIpc) is 2.42. The second kappa shape index (κ2) is 7.95. The van der Waals surface area contributed by atoms with E-state index in [4.69, 9.17) is 0 Å². The van der Waals surface area contributed by atoms with Gasteiger partial charge in [-0.15, -0.1) is 0 Å². The van der Waals surface area contributed by atoms with E-state index >= 15 is 0 Å². The molecule has 1 aromatic rings. The van der Waals surface area contributed by atoms with Crippen molar-refractivity contribution in [1.29, 1.82) is 0 Å². The lowest BCUT2D eigenvalue weighted by Gasteiger charge is -2.27. The molecule has 1 rings (SSSR count). The molecular formula is C17H29NO2S. The summed E-state index contributed by atoms with van der Waals surface area (Å²) in [6, 6.07) is 5.69. The van der Waals surface area contributed by atoms with Crippen molar-refractivity contribution in [3.8, 4) is 0 Å². The van der Waals surface area contributed by atoms with E-state index in [1.54, 1.807) is 0 Å². The van der Waals surface area contributed by atoms with Gasteiger partial charge < -0.3 is 5.32 Å². The summed E-state index contributed by atoms with van der Waals surface area (Å²) in [5.41, 5.74) is 1.83. The SMILES string of the molecule is CCCC(NCC)C(CC)S(=O)(=O)c1cc(C)ccc1C. The summed E-state index contributed by atoms with van der Waals surface area (Å²) in [7, 11) is -3.31. The Bertz CT molecular complexity index is 546. The third kappa shape index (κ3) is 4.30. The van der Waals surface area contributed by atoms with Gasteiger partial charge in [-0.1, -0.05) is 39.3 Å². The molecule has 0 aliphatic carbocycles. The zero-order chi connectivity index (χ0) is 16.0. The maximum Gasteiger partial charge on any atom is 0.183 e. The third-order valence-electron chi connectivity index (χ3n) is 3.97. The molecule has 1 aromatic carbocycles. The minimum absolute atomic E-state index is 0.0231. The largest absolute Gasteiger partial charge is 0.313 e. The number of rotatable bonds is 8. The summed E-state index contributed by atoms with van der Waals surface area (Å²) >= 11 is 0. The van der Waals surface area contributed by atoms with Crippen molar-refractivity contribution in [2.24, 2.45) is 0 Å². The van der Waals surface area contributed by atoms with Gasteiger partial charge in [-0.2, -0.15) is 0 Å². The molecule has 0 aromatic heterocycles. The molecule has 1 N–H and O–H groups in total. The van der Waals surface area contributed by atoms with Gasteiger partial charge in [-0.3, -0.25) is 0 Å². The van der Waals surface area contributed by atoms with Crippen LogP contribution in [0.25, 0.3) is 0 Å². The Morgan fingerprint density at radius 2 is 1.81 bits per heavy atom. The number of sulfone groups is 1. The van der Waals surface area contributed by atoms with E-state index < -0.39 is 9.84 Å². The van der Waals surface area contributed by atoms with Gasteiger partial charge in [-0.25, -0.2) is 8.42 Å². The minimum atomic E-state index is -3.31. The van der Waals surface area contributed by atoms with E-state index in [-0.39, 0.29) is 11.3 Å². The molecule has 0 radical (unpaired) electrons. The fraction of sp³-hybridized carbons (Fsp3) is 0.647.